The second-order valence-corrected chi connectivity index (χ2v) is 25.4. The molecule has 364 valence electrons. The summed E-state index contributed by atoms with van der Waals surface area (Å²) in [4.78, 5) is 7.65. The average Bonchev–Trinajstić information content (AvgIpc) is 3.94. The summed E-state index contributed by atoms with van der Waals surface area (Å²) in [5, 5.41) is 0. The van der Waals surface area contributed by atoms with Crippen LogP contribution in [0.2, 0.25) is 0 Å². The quantitative estimate of drug-likeness (QED) is 0.126. The maximum absolute atomic E-state index is 2.45. The van der Waals surface area contributed by atoms with Crippen LogP contribution in [-0.2, 0) is 10.8 Å². The molecule has 0 unspecified atom stereocenters. The van der Waals surface area contributed by atoms with Crippen LogP contribution in [0.4, 0.5) is 34.1 Å². The molecule has 0 fully saturated rings. The van der Waals surface area contributed by atoms with E-state index in [1.165, 1.54) is 99.1 Å². The SMILES string of the molecule is CC1(C)c2cc(C=Cc3ccc4c(c3)-c3cc(C=Cc5ccc6c(c5)C(C)(C)c5cc(N(c7ccccc7)c7ccccc7)ccc5-6)ccc3S4(C)C)ccc2-c2ccc(N(c3ccccc3)c3ccccc3)cc21. The highest BCUT2D eigenvalue weighted by Crippen LogP contribution is 2.67. The van der Waals surface area contributed by atoms with Crippen molar-refractivity contribution >= 4 is 68.5 Å². The lowest BCUT2D eigenvalue weighted by atomic mass is 9.81. The van der Waals surface area contributed by atoms with Gasteiger partial charge in [-0.1, -0.05) is 185 Å². The topological polar surface area (TPSA) is 6.48 Å². The molecule has 0 aromatic heterocycles. The Balaban J connectivity index is 0.757. The van der Waals surface area contributed by atoms with Gasteiger partial charge in [-0.05, 0) is 187 Å². The molecule has 3 heteroatoms. The van der Waals surface area contributed by atoms with Crippen molar-refractivity contribution in [1.82, 2.24) is 0 Å². The molecule has 1 aliphatic heterocycles. The van der Waals surface area contributed by atoms with E-state index in [4.69, 9.17) is 0 Å². The van der Waals surface area contributed by atoms with Gasteiger partial charge in [0.1, 0.15) is 0 Å². The predicted molar refractivity (Wildman–Crippen MR) is 323 cm³/mol. The van der Waals surface area contributed by atoms with Crippen LogP contribution in [0.15, 0.2) is 240 Å². The Hall–Kier alpha value is -8.37. The van der Waals surface area contributed by atoms with Crippen molar-refractivity contribution in [3.05, 3.63) is 275 Å². The molecule has 0 bridgehead atoms. The molecule has 0 amide bonds. The Morgan fingerprint density at radius 2 is 0.560 bits per heavy atom. The van der Waals surface area contributed by atoms with Gasteiger partial charge in [0.05, 0.1) is 0 Å². The Morgan fingerprint density at radius 3 is 0.893 bits per heavy atom. The summed E-state index contributed by atoms with van der Waals surface area (Å²) >= 11 is 0. The van der Waals surface area contributed by atoms with E-state index < -0.39 is 10.0 Å². The fraction of sp³-hybridized carbons (Fsp3) is 0.111. The van der Waals surface area contributed by atoms with E-state index in [0.717, 1.165) is 22.7 Å². The minimum absolute atomic E-state index is 0.163. The summed E-state index contributed by atoms with van der Waals surface area (Å²) in [5.41, 5.74) is 24.9. The number of anilines is 6. The number of fused-ring (bicyclic) bond motifs is 9. The van der Waals surface area contributed by atoms with Gasteiger partial charge < -0.3 is 9.80 Å². The van der Waals surface area contributed by atoms with E-state index in [2.05, 4.69) is 305 Å². The lowest BCUT2D eigenvalue weighted by Crippen LogP contribution is -2.16. The Morgan fingerprint density at radius 1 is 0.280 bits per heavy atom. The van der Waals surface area contributed by atoms with Crippen LogP contribution < -0.4 is 9.80 Å². The minimum Gasteiger partial charge on any atom is -0.310 e. The first-order valence-corrected chi connectivity index (χ1v) is 28.7. The van der Waals surface area contributed by atoms with Gasteiger partial charge in [0.2, 0.25) is 0 Å². The number of para-hydroxylation sites is 4. The summed E-state index contributed by atoms with van der Waals surface area (Å²) in [5.74, 6) is 0. The van der Waals surface area contributed by atoms with Crippen LogP contribution in [0, 0.1) is 0 Å². The molecular weight excluding hydrogens is 925 g/mol. The summed E-state index contributed by atoms with van der Waals surface area (Å²) in [6, 6.07) is 85.1. The average molecular weight is 985 g/mol. The lowest BCUT2D eigenvalue weighted by molar-refractivity contribution is 0.660. The molecule has 0 spiro atoms. The molecule has 0 saturated heterocycles. The van der Waals surface area contributed by atoms with Gasteiger partial charge >= 0.3 is 0 Å². The van der Waals surface area contributed by atoms with Crippen molar-refractivity contribution in [2.75, 3.05) is 22.3 Å². The first-order valence-electron chi connectivity index (χ1n) is 26.2. The van der Waals surface area contributed by atoms with Crippen LogP contribution >= 0.6 is 10.0 Å². The lowest BCUT2D eigenvalue weighted by Gasteiger charge is -2.28. The molecule has 0 radical (unpaired) electrons. The van der Waals surface area contributed by atoms with E-state index >= 15 is 0 Å². The van der Waals surface area contributed by atoms with E-state index in [-0.39, 0.29) is 10.8 Å². The maximum atomic E-state index is 2.45. The number of hydrogen-bond acceptors (Lipinski definition) is 2. The van der Waals surface area contributed by atoms with Gasteiger partial charge in [0.25, 0.3) is 0 Å². The third kappa shape index (κ3) is 7.88. The maximum Gasteiger partial charge on any atom is 0.0465 e. The van der Waals surface area contributed by atoms with Gasteiger partial charge in [0.15, 0.2) is 0 Å². The van der Waals surface area contributed by atoms with E-state index in [1.807, 2.05) is 0 Å². The highest BCUT2D eigenvalue weighted by atomic mass is 32.3. The van der Waals surface area contributed by atoms with Crippen LogP contribution in [0.5, 0.6) is 0 Å². The summed E-state index contributed by atoms with van der Waals surface area (Å²) in [6.07, 6.45) is 14.1. The predicted octanol–water partition coefficient (Wildman–Crippen LogP) is 20.0. The molecule has 0 atom stereocenters. The van der Waals surface area contributed by atoms with Gasteiger partial charge in [-0.15, -0.1) is 0 Å². The first kappa shape index (κ1) is 46.4. The van der Waals surface area contributed by atoms with Crippen molar-refractivity contribution in [2.45, 2.75) is 48.3 Å². The molecule has 0 N–H and O–H groups in total. The van der Waals surface area contributed by atoms with Crippen molar-refractivity contribution in [3.8, 4) is 33.4 Å². The number of hydrogen-bond donors (Lipinski definition) is 0. The van der Waals surface area contributed by atoms with Gasteiger partial charge in [-0.25, -0.2) is 0 Å². The minimum atomic E-state index is -1.16. The Bertz CT molecular complexity index is 3570. The van der Waals surface area contributed by atoms with Crippen molar-refractivity contribution in [2.24, 2.45) is 0 Å². The molecule has 0 saturated carbocycles. The number of benzene rings is 10. The van der Waals surface area contributed by atoms with Crippen molar-refractivity contribution in [1.29, 1.82) is 0 Å². The monoisotopic (exact) mass is 984 g/mol. The van der Waals surface area contributed by atoms with Crippen LogP contribution in [0.1, 0.15) is 72.2 Å². The largest absolute Gasteiger partial charge is 0.310 e. The molecule has 2 aliphatic carbocycles. The zero-order valence-electron chi connectivity index (χ0n) is 43.6. The van der Waals surface area contributed by atoms with Gasteiger partial charge in [-0.2, -0.15) is 10.0 Å². The van der Waals surface area contributed by atoms with E-state index in [1.54, 1.807) is 0 Å². The summed E-state index contributed by atoms with van der Waals surface area (Å²) in [7, 11) is -1.16. The third-order valence-electron chi connectivity index (χ3n) is 16.3. The van der Waals surface area contributed by atoms with Gasteiger partial charge in [-0.3, -0.25) is 0 Å². The third-order valence-corrected chi connectivity index (χ3v) is 19.2. The molecule has 1 heterocycles. The smallest absolute Gasteiger partial charge is 0.0465 e. The summed E-state index contributed by atoms with van der Waals surface area (Å²) in [6.45, 7) is 9.51. The standard InChI is InChI=1S/C72H60N2S/c1-71(2)65-45-51(31-37-59(65)61-39-35-57(47-67(61)71)73(53-19-11-7-12-20-53)54-21-13-8-14-22-54)29-27-49-33-41-69-63(43-49)64-44-50(34-42-70(64)75(69,5)6)28-30-52-32-38-60-62-40-36-58(48-68(62)72(3,4)66(60)46-52)74(55-23-15-9-16-24-55)56-25-17-10-18-26-56/h7-48H,1-6H3. The summed E-state index contributed by atoms with van der Waals surface area (Å²) < 4.78 is 0. The first-order chi connectivity index (χ1) is 36.4. The molecular formula is C72H60N2S. The van der Waals surface area contributed by atoms with Crippen LogP contribution in [0.3, 0.4) is 0 Å². The zero-order chi connectivity index (χ0) is 51.1. The van der Waals surface area contributed by atoms with Crippen LogP contribution in [0.25, 0.3) is 57.7 Å². The molecule has 75 heavy (non-hydrogen) atoms. The second kappa shape index (κ2) is 17.9. The number of nitrogens with zero attached hydrogens (tertiary/aromatic N) is 2. The fourth-order valence-electron chi connectivity index (χ4n) is 12.3. The molecule has 10 aromatic rings. The van der Waals surface area contributed by atoms with Crippen molar-refractivity contribution in [3.63, 3.8) is 0 Å². The Labute approximate surface area is 445 Å². The van der Waals surface area contributed by atoms with Crippen molar-refractivity contribution < 1.29 is 0 Å². The van der Waals surface area contributed by atoms with Crippen LogP contribution in [-0.4, -0.2) is 12.5 Å². The highest BCUT2D eigenvalue weighted by molar-refractivity contribution is 8.33. The van der Waals surface area contributed by atoms with E-state index in [0.29, 0.717) is 0 Å². The van der Waals surface area contributed by atoms with Gasteiger partial charge in [0, 0.05) is 54.7 Å². The number of rotatable bonds is 10. The molecule has 2 nitrogen and oxygen atoms in total. The molecule has 3 aliphatic rings. The molecule has 10 aromatic carbocycles. The normalized spacial score (nSPS) is 15.2. The van der Waals surface area contributed by atoms with E-state index in [9.17, 15) is 0 Å². The molecule has 13 rings (SSSR count). The highest BCUT2D eigenvalue weighted by Gasteiger charge is 2.38. The fourth-order valence-corrected chi connectivity index (χ4v) is 14.8. The Kier molecular flexibility index (Phi) is 11.1. The second-order valence-electron chi connectivity index (χ2n) is 21.8. The zero-order valence-corrected chi connectivity index (χ0v) is 44.4.